The van der Waals surface area contributed by atoms with Gasteiger partial charge >= 0.3 is 5.97 Å². The van der Waals surface area contributed by atoms with Crippen LogP contribution in [0.25, 0.3) is 0 Å². The predicted octanol–water partition coefficient (Wildman–Crippen LogP) is 3.89. The molecule has 2 rings (SSSR count). The Hall–Kier alpha value is -1.55. The summed E-state index contributed by atoms with van der Waals surface area (Å²) in [5, 5.41) is 8.91. The second-order valence-corrected chi connectivity index (χ2v) is 5.52. The number of ether oxygens (including phenoxy) is 2. The molecule has 1 fully saturated rings. The van der Waals surface area contributed by atoms with Gasteiger partial charge in [0.25, 0.3) is 0 Å². The molecule has 1 N–H and O–H groups in total. The Morgan fingerprint density at radius 1 is 1.14 bits per heavy atom. The molecule has 0 heterocycles. The van der Waals surface area contributed by atoms with Crippen molar-refractivity contribution in [2.24, 2.45) is 0 Å². The highest BCUT2D eigenvalue weighted by Crippen LogP contribution is 2.20. The van der Waals surface area contributed by atoms with E-state index < -0.39 is 5.97 Å². The summed E-state index contributed by atoms with van der Waals surface area (Å²) in [6.07, 6.45) is 8.84. The maximum atomic E-state index is 10.9. The standard InChI is InChI=1S/C17H24O4/c18-17(19)14-7-5-10-16(13-14)21-12-6-11-20-15-8-3-1-2-4-9-15/h5,7,10,13,15H,1-4,6,8-9,11-12H2,(H,18,19). The van der Waals surface area contributed by atoms with E-state index >= 15 is 0 Å². The molecular formula is C17H24O4. The Balaban J connectivity index is 1.63. The molecule has 0 atom stereocenters. The lowest BCUT2D eigenvalue weighted by molar-refractivity contribution is 0.0364. The summed E-state index contributed by atoms with van der Waals surface area (Å²) >= 11 is 0. The van der Waals surface area contributed by atoms with Crippen molar-refractivity contribution in [1.82, 2.24) is 0 Å². The second kappa shape index (κ2) is 8.67. The molecule has 21 heavy (non-hydrogen) atoms. The highest BCUT2D eigenvalue weighted by atomic mass is 16.5. The molecule has 1 aliphatic carbocycles. The van der Waals surface area contributed by atoms with E-state index in [0.29, 0.717) is 25.1 Å². The minimum Gasteiger partial charge on any atom is -0.493 e. The van der Waals surface area contributed by atoms with Crippen molar-refractivity contribution in [3.63, 3.8) is 0 Å². The molecule has 0 aromatic heterocycles. The van der Waals surface area contributed by atoms with Crippen molar-refractivity contribution >= 4 is 5.97 Å². The van der Waals surface area contributed by atoms with Gasteiger partial charge in [-0.3, -0.25) is 0 Å². The van der Waals surface area contributed by atoms with E-state index in [1.807, 2.05) is 0 Å². The zero-order valence-corrected chi connectivity index (χ0v) is 12.4. The molecule has 1 saturated carbocycles. The third-order valence-electron chi connectivity index (χ3n) is 3.79. The fraction of sp³-hybridized carbons (Fsp3) is 0.588. The van der Waals surface area contributed by atoms with Gasteiger partial charge in [0.05, 0.1) is 24.9 Å². The van der Waals surface area contributed by atoms with E-state index in [0.717, 1.165) is 6.42 Å². The number of carbonyl (C=O) groups is 1. The van der Waals surface area contributed by atoms with Gasteiger partial charge in [-0.15, -0.1) is 0 Å². The largest absolute Gasteiger partial charge is 0.493 e. The summed E-state index contributed by atoms with van der Waals surface area (Å²) in [4.78, 5) is 10.9. The van der Waals surface area contributed by atoms with Gasteiger partial charge in [-0.1, -0.05) is 31.7 Å². The summed E-state index contributed by atoms with van der Waals surface area (Å²) in [6, 6.07) is 6.58. The minimum absolute atomic E-state index is 0.252. The average Bonchev–Trinajstić information content (AvgIpc) is 2.76. The monoisotopic (exact) mass is 292 g/mol. The quantitative estimate of drug-likeness (QED) is 0.612. The van der Waals surface area contributed by atoms with Crippen molar-refractivity contribution < 1.29 is 19.4 Å². The van der Waals surface area contributed by atoms with Crippen LogP contribution in [-0.4, -0.2) is 30.4 Å². The van der Waals surface area contributed by atoms with Crippen LogP contribution in [0.2, 0.25) is 0 Å². The number of hydrogen-bond acceptors (Lipinski definition) is 3. The van der Waals surface area contributed by atoms with Crippen LogP contribution < -0.4 is 4.74 Å². The summed E-state index contributed by atoms with van der Waals surface area (Å²) in [5.41, 5.74) is 0.252. The smallest absolute Gasteiger partial charge is 0.335 e. The van der Waals surface area contributed by atoms with Crippen LogP contribution >= 0.6 is 0 Å². The lowest BCUT2D eigenvalue weighted by Crippen LogP contribution is -2.14. The molecule has 1 aromatic carbocycles. The molecule has 1 aromatic rings. The molecule has 0 saturated heterocycles. The topological polar surface area (TPSA) is 55.8 Å². The van der Waals surface area contributed by atoms with Crippen LogP contribution in [0.15, 0.2) is 24.3 Å². The maximum absolute atomic E-state index is 10.9. The molecule has 0 radical (unpaired) electrons. The van der Waals surface area contributed by atoms with Crippen molar-refractivity contribution in [3.8, 4) is 5.75 Å². The summed E-state index contributed by atoms with van der Waals surface area (Å²) in [6.45, 7) is 1.26. The van der Waals surface area contributed by atoms with Crippen LogP contribution in [0, 0.1) is 0 Å². The van der Waals surface area contributed by atoms with E-state index in [-0.39, 0.29) is 5.56 Å². The van der Waals surface area contributed by atoms with Crippen LogP contribution in [-0.2, 0) is 4.74 Å². The van der Waals surface area contributed by atoms with Crippen LogP contribution in [0.3, 0.4) is 0 Å². The van der Waals surface area contributed by atoms with Gasteiger partial charge in [0.15, 0.2) is 0 Å². The molecule has 0 spiro atoms. The van der Waals surface area contributed by atoms with Gasteiger partial charge in [0.1, 0.15) is 5.75 Å². The van der Waals surface area contributed by atoms with E-state index in [1.54, 1.807) is 24.3 Å². The van der Waals surface area contributed by atoms with Gasteiger partial charge in [0, 0.05) is 6.42 Å². The van der Waals surface area contributed by atoms with Gasteiger partial charge in [0.2, 0.25) is 0 Å². The molecule has 1 aliphatic rings. The number of aromatic carboxylic acids is 1. The predicted molar refractivity (Wildman–Crippen MR) is 81.0 cm³/mol. The number of benzene rings is 1. The third kappa shape index (κ3) is 5.76. The summed E-state index contributed by atoms with van der Waals surface area (Å²) in [7, 11) is 0. The maximum Gasteiger partial charge on any atom is 0.335 e. The van der Waals surface area contributed by atoms with Gasteiger partial charge < -0.3 is 14.6 Å². The molecule has 116 valence electrons. The normalized spacial score (nSPS) is 16.4. The second-order valence-electron chi connectivity index (χ2n) is 5.52. The minimum atomic E-state index is -0.933. The molecule has 0 amide bonds. The van der Waals surface area contributed by atoms with Crippen molar-refractivity contribution in [3.05, 3.63) is 29.8 Å². The first-order valence-corrected chi connectivity index (χ1v) is 7.83. The fourth-order valence-electron chi connectivity index (χ4n) is 2.63. The Morgan fingerprint density at radius 2 is 1.90 bits per heavy atom. The van der Waals surface area contributed by atoms with E-state index in [2.05, 4.69) is 0 Å². The SMILES string of the molecule is O=C(O)c1cccc(OCCCOC2CCCCCC2)c1. The van der Waals surface area contributed by atoms with Crippen LogP contribution in [0.1, 0.15) is 55.3 Å². The zero-order valence-electron chi connectivity index (χ0n) is 12.4. The van der Waals surface area contributed by atoms with Crippen molar-refractivity contribution in [1.29, 1.82) is 0 Å². The average molecular weight is 292 g/mol. The number of rotatable bonds is 7. The first-order chi connectivity index (χ1) is 10.3. The van der Waals surface area contributed by atoms with Gasteiger partial charge in [-0.2, -0.15) is 0 Å². The first kappa shape index (κ1) is 15.8. The zero-order chi connectivity index (χ0) is 14.9. The number of carboxylic acid groups (broad SMARTS) is 1. The van der Waals surface area contributed by atoms with E-state index in [1.165, 1.54) is 38.5 Å². The van der Waals surface area contributed by atoms with Crippen LogP contribution in [0.4, 0.5) is 0 Å². The fourth-order valence-corrected chi connectivity index (χ4v) is 2.63. The van der Waals surface area contributed by atoms with Gasteiger partial charge in [-0.25, -0.2) is 4.79 Å². The lowest BCUT2D eigenvalue weighted by atomic mass is 10.1. The van der Waals surface area contributed by atoms with Gasteiger partial charge in [-0.05, 0) is 31.0 Å². The Labute approximate surface area is 126 Å². The van der Waals surface area contributed by atoms with Crippen molar-refractivity contribution in [2.45, 2.75) is 51.0 Å². The first-order valence-electron chi connectivity index (χ1n) is 7.83. The number of carboxylic acids is 1. The highest BCUT2D eigenvalue weighted by molar-refractivity contribution is 5.87. The third-order valence-corrected chi connectivity index (χ3v) is 3.79. The molecule has 4 nitrogen and oxygen atoms in total. The Bertz CT molecular complexity index is 436. The van der Waals surface area contributed by atoms with Crippen LogP contribution in [0.5, 0.6) is 5.75 Å². The van der Waals surface area contributed by atoms with E-state index in [9.17, 15) is 4.79 Å². The summed E-state index contributed by atoms with van der Waals surface area (Å²) < 4.78 is 11.5. The Morgan fingerprint density at radius 3 is 2.62 bits per heavy atom. The Kier molecular flexibility index (Phi) is 6.54. The lowest BCUT2D eigenvalue weighted by Gasteiger charge is -2.15. The number of hydrogen-bond donors (Lipinski definition) is 1. The van der Waals surface area contributed by atoms with E-state index in [4.69, 9.17) is 14.6 Å². The molecule has 0 aliphatic heterocycles. The molecule has 4 heteroatoms. The van der Waals surface area contributed by atoms with Crippen molar-refractivity contribution in [2.75, 3.05) is 13.2 Å². The molecule has 0 bridgehead atoms. The summed E-state index contributed by atoms with van der Waals surface area (Å²) in [5.74, 6) is -0.332. The molecular weight excluding hydrogens is 268 g/mol. The highest BCUT2D eigenvalue weighted by Gasteiger charge is 2.12. The molecule has 0 unspecified atom stereocenters.